The van der Waals surface area contributed by atoms with Gasteiger partial charge in [0, 0.05) is 12.4 Å². The molecule has 4 aromatic heterocycles. The molecule has 0 aliphatic heterocycles. The molecule has 0 saturated carbocycles. The fraction of sp³-hybridized carbons (Fsp3) is 0.278. The Bertz CT molecular complexity index is 1420. The molecule has 0 spiro atoms. The maximum atomic E-state index is 12.3. The van der Waals surface area contributed by atoms with Crippen LogP contribution in [0.15, 0.2) is 12.3 Å². The number of halogens is 3. The van der Waals surface area contributed by atoms with Gasteiger partial charge in [0.05, 0.1) is 18.3 Å². The number of amides is 1. The molecule has 0 saturated heterocycles. The zero-order valence-corrected chi connectivity index (χ0v) is 17.6. The Balaban J connectivity index is 1.70. The fourth-order valence-electron chi connectivity index (χ4n) is 3.20. The number of rotatable bonds is 6. The molecule has 4 rings (SSSR count). The molecule has 0 aliphatic rings. The second-order valence-corrected chi connectivity index (χ2v) is 7.08. The van der Waals surface area contributed by atoms with Crippen LogP contribution in [-0.2, 0) is 23.1 Å². The normalized spacial score (nSPS) is 11.8. The number of aromatic amines is 1. The number of primary amides is 1. The van der Waals surface area contributed by atoms with E-state index in [1.165, 1.54) is 23.9 Å². The third-order valence-corrected chi connectivity index (χ3v) is 4.80. The van der Waals surface area contributed by atoms with E-state index in [-0.39, 0.29) is 46.7 Å². The summed E-state index contributed by atoms with van der Waals surface area (Å²) in [6, 6.07) is 1.47. The van der Waals surface area contributed by atoms with Crippen molar-refractivity contribution in [3.05, 3.63) is 23.7 Å². The first-order valence-electron chi connectivity index (χ1n) is 9.53. The Kier molecular flexibility index (Phi) is 5.42. The standard InChI is InChI=1S/C18H16F3N9O4/c1-7-13(31)12(30(28-7)3-4-34-17(33)18(19,20)21)16-25-15(26-27-16)11-8-6-23-29(2)10(8)5-9(24-11)14(22)32/h5-6,31H,3-4H2,1-2H3,(H2,22,32)(H,25,26,27). The highest BCUT2D eigenvalue weighted by molar-refractivity contribution is 5.99. The maximum absolute atomic E-state index is 12.3. The van der Waals surface area contributed by atoms with E-state index in [0.717, 1.165) is 4.68 Å². The zero-order valence-electron chi connectivity index (χ0n) is 17.6. The van der Waals surface area contributed by atoms with Gasteiger partial charge in [-0.3, -0.25) is 14.2 Å². The number of hydrogen-bond donors (Lipinski definition) is 3. The Hall–Kier alpha value is -4.50. The minimum Gasteiger partial charge on any atom is -0.504 e. The summed E-state index contributed by atoms with van der Waals surface area (Å²) in [5.41, 5.74) is 6.23. The van der Waals surface area contributed by atoms with Gasteiger partial charge in [-0.05, 0) is 13.0 Å². The molecule has 1 amide bonds. The lowest BCUT2D eigenvalue weighted by Crippen LogP contribution is -2.26. The van der Waals surface area contributed by atoms with Gasteiger partial charge >= 0.3 is 12.1 Å². The van der Waals surface area contributed by atoms with Crippen LogP contribution in [0.5, 0.6) is 5.75 Å². The number of aromatic nitrogens is 8. The quantitative estimate of drug-likeness (QED) is 0.338. The summed E-state index contributed by atoms with van der Waals surface area (Å²) in [5.74, 6) is -3.33. The minimum atomic E-state index is -5.13. The SMILES string of the molecule is Cc1nn(CCOC(=O)C(F)(F)F)c(-c2nnc(-c3nc(C(N)=O)cc4c3cnn4C)[nH]2)c1O. The Morgan fingerprint density at radius 1 is 1.26 bits per heavy atom. The summed E-state index contributed by atoms with van der Waals surface area (Å²) in [6.45, 7) is 0.494. The Morgan fingerprint density at radius 2 is 1.97 bits per heavy atom. The summed E-state index contributed by atoms with van der Waals surface area (Å²) in [4.78, 5) is 29.7. The highest BCUT2D eigenvalue weighted by atomic mass is 19.4. The monoisotopic (exact) mass is 479 g/mol. The number of pyridine rings is 1. The number of nitrogens with zero attached hydrogens (tertiary/aromatic N) is 7. The molecule has 0 radical (unpaired) electrons. The maximum Gasteiger partial charge on any atom is 0.490 e. The summed E-state index contributed by atoms with van der Waals surface area (Å²) >= 11 is 0. The van der Waals surface area contributed by atoms with Crippen LogP contribution in [0.4, 0.5) is 13.2 Å². The highest BCUT2D eigenvalue weighted by Crippen LogP contribution is 2.32. The van der Waals surface area contributed by atoms with Crippen LogP contribution in [0.3, 0.4) is 0 Å². The van der Waals surface area contributed by atoms with E-state index < -0.39 is 24.7 Å². The summed E-state index contributed by atoms with van der Waals surface area (Å²) in [5, 5.41) is 27.1. The van der Waals surface area contributed by atoms with Crippen molar-refractivity contribution < 1.29 is 32.6 Å². The van der Waals surface area contributed by atoms with Crippen molar-refractivity contribution >= 4 is 22.8 Å². The van der Waals surface area contributed by atoms with Gasteiger partial charge < -0.3 is 20.6 Å². The zero-order chi connectivity index (χ0) is 24.8. The number of fused-ring (bicyclic) bond motifs is 1. The molecule has 0 atom stereocenters. The van der Waals surface area contributed by atoms with Gasteiger partial charge in [0.2, 0.25) is 0 Å². The van der Waals surface area contributed by atoms with E-state index in [2.05, 4.69) is 35.1 Å². The van der Waals surface area contributed by atoms with E-state index >= 15 is 0 Å². The molecular weight excluding hydrogens is 463 g/mol. The third-order valence-electron chi connectivity index (χ3n) is 4.80. The van der Waals surface area contributed by atoms with Crippen LogP contribution >= 0.6 is 0 Å². The molecule has 0 bridgehead atoms. The fourth-order valence-corrected chi connectivity index (χ4v) is 3.20. The van der Waals surface area contributed by atoms with Crippen molar-refractivity contribution in [2.45, 2.75) is 19.6 Å². The molecule has 4 heterocycles. The summed E-state index contributed by atoms with van der Waals surface area (Å²) < 4.78 is 43.8. The number of aryl methyl sites for hydroxylation is 2. The highest BCUT2D eigenvalue weighted by Gasteiger charge is 2.40. The van der Waals surface area contributed by atoms with Crippen molar-refractivity contribution in [1.29, 1.82) is 0 Å². The first-order valence-corrected chi connectivity index (χ1v) is 9.53. The number of esters is 1. The Morgan fingerprint density at radius 3 is 2.65 bits per heavy atom. The number of aromatic hydroxyl groups is 1. The van der Waals surface area contributed by atoms with Gasteiger partial charge in [-0.1, -0.05) is 0 Å². The second kappa shape index (κ2) is 8.13. The second-order valence-electron chi connectivity index (χ2n) is 7.08. The number of nitrogens with one attached hydrogen (secondary N) is 1. The molecule has 0 aromatic carbocycles. The molecule has 0 aliphatic carbocycles. The van der Waals surface area contributed by atoms with Gasteiger partial charge in [0.25, 0.3) is 5.91 Å². The van der Waals surface area contributed by atoms with Crippen molar-refractivity contribution in [2.24, 2.45) is 12.8 Å². The lowest BCUT2D eigenvalue weighted by Gasteiger charge is -2.08. The molecule has 34 heavy (non-hydrogen) atoms. The topological polar surface area (TPSA) is 180 Å². The molecule has 178 valence electrons. The van der Waals surface area contributed by atoms with Gasteiger partial charge in [0.15, 0.2) is 17.4 Å². The number of ether oxygens (including phenoxy) is 1. The van der Waals surface area contributed by atoms with Crippen molar-refractivity contribution in [2.75, 3.05) is 6.61 Å². The van der Waals surface area contributed by atoms with Gasteiger partial charge in [-0.25, -0.2) is 9.78 Å². The molecule has 4 N–H and O–H groups in total. The summed E-state index contributed by atoms with van der Waals surface area (Å²) in [6.07, 6.45) is -3.62. The van der Waals surface area contributed by atoms with Crippen molar-refractivity contribution in [3.8, 4) is 28.8 Å². The number of H-pyrrole nitrogens is 1. The molecule has 13 nitrogen and oxygen atoms in total. The first kappa shape index (κ1) is 22.7. The van der Waals surface area contributed by atoms with Crippen LogP contribution in [0.2, 0.25) is 0 Å². The molecular formula is C18H16F3N9O4. The van der Waals surface area contributed by atoms with Crippen LogP contribution in [0, 0.1) is 6.92 Å². The number of carbonyl (C=O) groups excluding carboxylic acids is 2. The van der Waals surface area contributed by atoms with Crippen LogP contribution < -0.4 is 5.73 Å². The minimum absolute atomic E-state index is 0.00133. The first-order chi connectivity index (χ1) is 16.0. The summed E-state index contributed by atoms with van der Waals surface area (Å²) in [7, 11) is 1.66. The molecule has 4 aromatic rings. The van der Waals surface area contributed by atoms with Crippen molar-refractivity contribution in [1.82, 2.24) is 39.7 Å². The number of carbonyl (C=O) groups is 2. The lowest BCUT2D eigenvalue weighted by molar-refractivity contribution is -0.199. The third kappa shape index (κ3) is 4.00. The van der Waals surface area contributed by atoms with Gasteiger partial charge in [0.1, 0.15) is 29.4 Å². The number of nitrogens with two attached hydrogens (primary N) is 1. The van der Waals surface area contributed by atoms with E-state index in [4.69, 9.17) is 5.73 Å². The number of hydrogen-bond acceptors (Lipinski definition) is 9. The average Bonchev–Trinajstić information content (AvgIpc) is 3.45. The largest absolute Gasteiger partial charge is 0.504 e. The van der Waals surface area contributed by atoms with Crippen molar-refractivity contribution in [3.63, 3.8) is 0 Å². The molecule has 16 heteroatoms. The average molecular weight is 479 g/mol. The molecule has 0 fully saturated rings. The smallest absolute Gasteiger partial charge is 0.490 e. The van der Waals surface area contributed by atoms with E-state index in [1.807, 2.05) is 0 Å². The van der Waals surface area contributed by atoms with E-state index in [0.29, 0.717) is 10.9 Å². The molecule has 0 unspecified atom stereocenters. The van der Waals surface area contributed by atoms with Crippen LogP contribution in [0.1, 0.15) is 16.2 Å². The Labute approximate surface area is 187 Å². The lowest BCUT2D eigenvalue weighted by atomic mass is 10.2. The number of alkyl halides is 3. The van der Waals surface area contributed by atoms with Crippen LogP contribution in [-0.4, -0.2) is 69.5 Å². The predicted molar refractivity (Wildman–Crippen MR) is 107 cm³/mol. The van der Waals surface area contributed by atoms with Crippen LogP contribution in [0.25, 0.3) is 33.9 Å². The van der Waals surface area contributed by atoms with Gasteiger partial charge in [-0.15, -0.1) is 10.2 Å². The van der Waals surface area contributed by atoms with Gasteiger partial charge in [-0.2, -0.15) is 23.4 Å². The van der Waals surface area contributed by atoms with E-state index in [9.17, 15) is 27.9 Å². The van der Waals surface area contributed by atoms with E-state index in [1.54, 1.807) is 7.05 Å². The predicted octanol–water partition coefficient (Wildman–Crippen LogP) is 0.835.